The van der Waals surface area contributed by atoms with Crippen LogP contribution in [0.5, 0.6) is 0 Å². The van der Waals surface area contributed by atoms with Gasteiger partial charge < -0.3 is 9.73 Å². The first-order valence-corrected chi connectivity index (χ1v) is 4.59. The SMILES string of the molecule is CC1CNC(C)c2cc(Cl)oc21. The van der Waals surface area contributed by atoms with Gasteiger partial charge in [-0.3, -0.25) is 0 Å². The zero-order valence-electron chi connectivity index (χ0n) is 7.23. The standard InChI is InChI=1S/C9H12ClNO/c1-5-4-11-6(2)7-3-8(10)12-9(5)7/h3,5-6,11H,4H2,1-2H3. The Kier molecular flexibility index (Phi) is 1.89. The minimum absolute atomic E-state index is 0.368. The molecule has 1 aromatic rings. The van der Waals surface area contributed by atoms with Gasteiger partial charge in [-0.25, -0.2) is 0 Å². The zero-order chi connectivity index (χ0) is 8.72. The predicted octanol–water partition coefficient (Wildman–Crippen LogP) is 2.70. The van der Waals surface area contributed by atoms with Crippen LogP contribution in [-0.4, -0.2) is 6.54 Å². The Morgan fingerprint density at radius 2 is 2.33 bits per heavy atom. The second kappa shape index (κ2) is 2.79. The molecule has 0 saturated heterocycles. The maximum absolute atomic E-state index is 5.79. The molecule has 1 N–H and O–H groups in total. The highest BCUT2D eigenvalue weighted by Crippen LogP contribution is 2.33. The Morgan fingerprint density at radius 1 is 1.58 bits per heavy atom. The first-order valence-electron chi connectivity index (χ1n) is 4.21. The average molecular weight is 186 g/mol. The molecule has 0 aromatic carbocycles. The molecule has 0 spiro atoms. The molecule has 1 aliphatic heterocycles. The van der Waals surface area contributed by atoms with Gasteiger partial charge in [0, 0.05) is 30.1 Å². The van der Waals surface area contributed by atoms with Crippen LogP contribution in [0.1, 0.15) is 37.1 Å². The van der Waals surface area contributed by atoms with E-state index in [1.807, 2.05) is 6.07 Å². The van der Waals surface area contributed by atoms with Gasteiger partial charge in [0.25, 0.3) is 0 Å². The van der Waals surface area contributed by atoms with Crippen LogP contribution in [0, 0.1) is 0 Å². The van der Waals surface area contributed by atoms with E-state index in [0.717, 1.165) is 12.3 Å². The number of rotatable bonds is 0. The molecule has 0 aliphatic carbocycles. The Balaban J connectivity index is 2.47. The molecule has 0 saturated carbocycles. The first-order chi connectivity index (χ1) is 5.68. The van der Waals surface area contributed by atoms with Gasteiger partial charge in [-0.1, -0.05) is 6.92 Å². The van der Waals surface area contributed by atoms with Crippen LogP contribution in [0.15, 0.2) is 10.5 Å². The second-order valence-corrected chi connectivity index (χ2v) is 3.77. The van der Waals surface area contributed by atoms with Crippen molar-refractivity contribution in [2.75, 3.05) is 6.54 Å². The normalized spacial score (nSPS) is 28.6. The van der Waals surface area contributed by atoms with Gasteiger partial charge in [0.1, 0.15) is 5.76 Å². The van der Waals surface area contributed by atoms with E-state index in [9.17, 15) is 0 Å². The molecule has 0 amide bonds. The van der Waals surface area contributed by atoms with Gasteiger partial charge in [0.05, 0.1) is 0 Å². The van der Waals surface area contributed by atoms with Gasteiger partial charge in [-0.05, 0) is 18.5 Å². The molecule has 1 aliphatic rings. The van der Waals surface area contributed by atoms with Gasteiger partial charge in [-0.15, -0.1) is 0 Å². The lowest BCUT2D eigenvalue weighted by Gasteiger charge is -2.23. The lowest BCUT2D eigenvalue weighted by Crippen LogP contribution is -2.29. The smallest absolute Gasteiger partial charge is 0.193 e. The number of fused-ring (bicyclic) bond motifs is 1. The van der Waals surface area contributed by atoms with E-state index in [1.165, 1.54) is 5.56 Å². The molecule has 3 heteroatoms. The minimum Gasteiger partial charge on any atom is -0.449 e. The summed E-state index contributed by atoms with van der Waals surface area (Å²) in [5.74, 6) is 1.48. The van der Waals surface area contributed by atoms with Crippen LogP contribution in [-0.2, 0) is 0 Å². The van der Waals surface area contributed by atoms with Crippen molar-refractivity contribution in [1.82, 2.24) is 5.32 Å². The van der Waals surface area contributed by atoms with Crippen LogP contribution in [0.3, 0.4) is 0 Å². The lowest BCUT2D eigenvalue weighted by atomic mass is 9.96. The van der Waals surface area contributed by atoms with Crippen molar-refractivity contribution in [1.29, 1.82) is 0 Å². The van der Waals surface area contributed by atoms with Crippen molar-refractivity contribution >= 4 is 11.6 Å². The summed E-state index contributed by atoms with van der Waals surface area (Å²) in [6.07, 6.45) is 0. The third kappa shape index (κ3) is 1.15. The van der Waals surface area contributed by atoms with E-state index in [4.69, 9.17) is 16.0 Å². The second-order valence-electron chi connectivity index (χ2n) is 3.40. The first kappa shape index (κ1) is 8.14. The molecule has 2 heterocycles. The number of hydrogen-bond acceptors (Lipinski definition) is 2. The third-order valence-corrected chi connectivity index (χ3v) is 2.59. The van der Waals surface area contributed by atoms with Crippen molar-refractivity contribution in [3.05, 3.63) is 22.6 Å². The minimum atomic E-state index is 0.368. The molecule has 0 fully saturated rings. The quantitative estimate of drug-likeness (QED) is 0.673. The number of halogens is 1. The Hall–Kier alpha value is -0.470. The van der Waals surface area contributed by atoms with E-state index < -0.39 is 0 Å². The van der Waals surface area contributed by atoms with E-state index in [1.54, 1.807) is 0 Å². The van der Waals surface area contributed by atoms with Crippen molar-refractivity contribution in [2.45, 2.75) is 25.8 Å². The maximum atomic E-state index is 5.79. The summed E-state index contributed by atoms with van der Waals surface area (Å²) in [5, 5.41) is 3.88. The van der Waals surface area contributed by atoms with Crippen LogP contribution >= 0.6 is 11.6 Å². The molecule has 2 atom stereocenters. The zero-order valence-corrected chi connectivity index (χ0v) is 7.98. The fraction of sp³-hybridized carbons (Fsp3) is 0.556. The fourth-order valence-corrected chi connectivity index (χ4v) is 1.87. The van der Waals surface area contributed by atoms with Gasteiger partial charge in [0.15, 0.2) is 5.22 Å². The Morgan fingerprint density at radius 3 is 3.00 bits per heavy atom. The Bertz CT molecular complexity index is 267. The predicted molar refractivity (Wildman–Crippen MR) is 48.6 cm³/mol. The molecule has 0 bridgehead atoms. The molecular weight excluding hydrogens is 174 g/mol. The largest absolute Gasteiger partial charge is 0.449 e. The van der Waals surface area contributed by atoms with Crippen LogP contribution in [0.25, 0.3) is 0 Å². The monoisotopic (exact) mass is 185 g/mol. The van der Waals surface area contributed by atoms with Crippen molar-refractivity contribution in [3.63, 3.8) is 0 Å². The number of furan rings is 1. The van der Waals surface area contributed by atoms with Gasteiger partial charge >= 0.3 is 0 Å². The van der Waals surface area contributed by atoms with E-state index in [-0.39, 0.29) is 0 Å². The van der Waals surface area contributed by atoms with E-state index in [2.05, 4.69) is 19.2 Å². The molecule has 1 aromatic heterocycles. The van der Waals surface area contributed by atoms with Crippen LogP contribution in [0.2, 0.25) is 5.22 Å². The van der Waals surface area contributed by atoms with Gasteiger partial charge in [-0.2, -0.15) is 0 Å². The summed E-state index contributed by atoms with van der Waals surface area (Å²) < 4.78 is 5.41. The van der Waals surface area contributed by atoms with Crippen LogP contribution < -0.4 is 5.32 Å². The average Bonchev–Trinajstić information content (AvgIpc) is 2.41. The molecule has 12 heavy (non-hydrogen) atoms. The number of nitrogens with one attached hydrogen (secondary N) is 1. The van der Waals surface area contributed by atoms with Crippen LogP contribution in [0.4, 0.5) is 0 Å². The molecular formula is C9H12ClNO. The highest BCUT2D eigenvalue weighted by Gasteiger charge is 2.25. The Labute approximate surface area is 76.9 Å². The molecule has 0 radical (unpaired) electrons. The lowest BCUT2D eigenvalue weighted by molar-refractivity contribution is 0.405. The molecule has 2 unspecified atom stereocenters. The summed E-state index contributed by atoms with van der Waals surface area (Å²) in [6.45, 7) is 5.23. The maximum Gasteiger partial charge on any atom is 0.193 e. The summed E-state index contributed by atoms with van der Waals surface area (Å²) in [4.78, 5) is 0. The van der Waals surface area contributed by atoms with Gasteiger partial charge in [0.2, 0.25) is 0 Å². The van der Waals surface area contributed by atoms with Crippen molar-refractivity contribution in [3.8, 4) is 0 Å². The van der Waals surface area contributed by atoms with E-state index in [0.29, 0.717) is 17.2 Å². The molecule has 2 nitrogen and oxygen atoms in total. The number of hydrogen-bond donors (Lipinski definition) is 1. The highest BCUT2D eigenvalue weighted by molar-refractivity contribution is 6.28. The molecule has 2 rings (SSSR count). The topological polar surface area (TPSA) is 25.2 Å². The third-order valence-electron chi connectivity index (χ3n) is 2.41. The van der Waals surface area contributed by atoms with Crippen molar-refractivity contribution in [2.24, 2.45) is 0 Å². The van der Waals surface area contributed by atoms with Crippen molar-refractivity contribution < 1.29 is 4.42 Å². The molecule has 66 valence electrons. The summed E-state index contributed by atoms with van der Waals surface area (Å²) in [5.41, 5.74) is 1.21. The summed E-state index contributed by atoms with van der Waals surface area (Å²) in [6, 6.07) is 2.27. The highest BCUT2D eigenvalue weighted by atomic mass is 35.5. The summed E-state index contributed by atoms with van der Waals surface area (Å²) >= 11 is 5.79. The fourth-order valence-electron chi connectivity index (χ4n) is 1.67. The summed E-state index contributed by atoms with van der Waals surface area (Å²) in [7, 11) is 0. The van der Waals surface area contributed by atoms with E-state index >= 15 is 0 Å².